The summed E-state index contributed by atoms with van der Waals surface area (Å²) >= 11 is 0. The second-order valence-electron chi connectivity index (χ2n) is 13.3. The zero-order valence-electron chi connectivity index (χ0n) is 27.6. The van der Waals surface area contributed by atoms with Crippen LogP contribution in [0.5, 0.6) is 0 Å². The molecule has 0 atom stereocenters. The Hall–Kier alpha value is -6.51. The fraction of sp³-hybridized carbons (Fsp3) is 0.0208. The Morgan fingerprint density at radius 2 is 0.900 bits per heavy atom. The lowest BCUT2D eigenvalue weighted by atomic mass is 9.87. The molecule has 0 spiro atoms. The highest BCUT2D eigenvalue weighted by molar-refractivity contribution is 6.06. The average molecular weight is 637 g/mol. The van der Waals surface area contributed by atoms with Gasteiger partial charge in [-0.25, -0.2) is 4.52 Å². The van der Waals surface area contributed by atoms with Gasteiger partial charge in [-0.2, -0.15) is 5.10 Å². The molecular weight excluding hydrogens is 605 g/mol. The maximum absolute atomic E-state index is 5.03. The van der Waals surface area contributed by atoms with Crippen molar-refractivity contribution >= 4 is 48.9 Å². The monoisotopic (exact) mass is 636 g/mol. The summed E-state index contributed by atoms with van der Waals surface area (Å²) in [6.45, 7) is 2.27. The number of hydrogen-bond acceptors (Lipinski definition) is 1. The van der Waals surface area contributed by atoms with Gasteiger partial charge in [0.25, 0.3) is 0 Å². The molecule has 234 valence electrons. The number of pyridine rings is 1. The summed E-state index contributed by atoms with van der Waals surface area (Å²) in [6, 6.07) is 64.0. The van der Waals surface area contributed by atoms with Crippen LogP contribution >= 0.6 is 0 Å². The molecule has 0 fully saturated rings. The summed E-state index contributed by atoms with van der Waals surface area (Å²) in [7, 11) is 0. The molecule has 0 radical (unpaired) electrons. The number of rotatable bonds is 4. The standard InChI is InChI=1S/C48H32N2/c1-31-43(38-24-20-32-10-2-4-12-36(32)26-38)29-41(30-44(31)39-25-21-33-11-3-5-13-37(33)27-39)34-18-22-35(23-19-34)45-28-40-14-6-9-17-47(40)50-48(45)42-15-7-8-16-46(42)49-50/h2-30H,1H3. The van der Waals surface area contributed by atoms with Crippen molar-refractivity contribution in [2.75, 3.05) is 0 Å². The zero-order valence-corrected chi connectivity index (χ0v) is 27.6. The molecule has 0 aliphatic heterocycles. The smallest absolute Gasteiger partial charge is 0.0934 e. The van der Waals surface area contributed by atoms with Crippen LogP contribution < -0.4 is 0 Å². The molecule has 10 rings (SSSR count). The summed E-state index contributed by atoms with van der Waals surface area (Å²) in [5, 5.41) is 12.4. The highest BCUT2D eigenvalue weighted by atomic mass is 15.2. The van der Waals surface area contributed by atoms with Crippen LogP contribution in [0.15, 0.2) is 176 Å². The van der Waals surface area contributed by atoms with E-state index in [9.17, 15) is 0 Å². The Balaban J connectivity index is 1.15. The van der Waals surface area contributed by atoms with E-state index in [4.69, 9.17) is 5.10 Å². The fourth-order valence-electron chi connectivity index (χ4n) is 7.75. The van der Waals surface area contributed by atoms with Gasteiger partial charge in [-0.15, -0.1) is 0 Å². The third-order valence-corrected chi connectivity index (χ3v) is 10.4. The van der Waals surface area contributed by atoms with Gasteiger partial charge in [0.2, 0.25) is 0 Å². The SMILES string of the molecule is Cc1c(-c2ccc3ccccc3c2)cc(-c2ccc(-c3cc4ccccc4n4nc5ccccc5c34)cc2)cc1-c1ccc2ccccc2c1. The molecule has 0 N–H and O–H groups in total. The number of para-hydroxylation sites is 1. The predicted molar refractivity (Wildman–Crippen MR) is 212 cm³/mol. The van der Waals surface area contributed by atoms with E-state index in [1.165, 1.54) is 77.0 Å². The summed E-state index contributed by atoms with van der Waals surface area (Å²) < 4.78 is 2.12. The van der Waals surface area contributed by atoms with Crippen molar-refractivity contribution in [3.8, 4) is 44.5 Å². The van der Waals surface area contributed by atoms with Crippen molar-refractivity contribution in [2.45, 2.75) is 6.92 Å². The summed E-state index contributed by atoms with van der Waals surface area (Å²) in [5.41, 5.74) is 14.2. The van der Waals surface area contributed by atoms with E-state index in [1.807, 2.05) is 0 Å². The molecule has 2 aromatic heterocycles. The largest absolute Gasteiger partial charge is 0.231 e. The van der Waals surface area contributed by atoms with E-state index in [-0.39, 0.29) is 0 Å². The van der Waals surface area contributed by atoms with Gasteiger partial charge in [0.15, 0.2) is 0 Å². The summed E-state index contributed by atoms with van der Waals surface area (Å²) in [6.07, 6.45) is 0. The van der Waals surface area contributed by atoms with E-state index in [0.29, 0.717) is 0 Å². The van der Waals surface area contributed by atoms with Gasteiger partial charge >= 0.3 is 0 Å². The van der Waals surface area contributed by atoms with Crippen molar-refractivity contribution < 1.29 is 0 Å². The first-order valence-electron chi connectivity index (χ1n) is 17.2. The topological polar surface area (TPSA) is 17.3 Å². The molecule has 50 heavy (non-hydrogen) atoms. The molecule has 0 bridgehead atoms. The van der Waals surface area contributed by atoms with Crippen molar-refractivity contribution in [1.29, 1.82) is 0 Å². The Morgan fingerprint density at radius 3 is 1.56 bits per heavy atom. The van der Waals surface area contributed by atoms with Gasteiger partial charge in [-0.3, -0.25) is 0 Å². The first kappa shape index (κ1) is 28.5. The van der Waals surface area contributed by atoms with E-state index >= 15 is 0 Å². The third kappa shape index (κ3) is 4.61. The second kappa shape index (κ2) is 11.3. The molecule has 10 aromatic rings. The number of aromatic nitrogens is 2. The van der Waals surface area contributed by atoms with Crippen molar-refractivity contribution in [1.82, 2.24) is 9.61 Å². The minimum atomic E-state index is 1.00. The highest BCUT2D eigenvalue weighted by Crippen LogP contribution is 2.40. The lowest BCUT2D eigenvalue weighted by Crippen LogP contribution is -1.94. The Bertz CT molecular complexity index is 2830. The van der Waals surface area contributed by atoms with Crippen LogP contribution in [0.4, 0.5) is 0 Å². The minimum absolute atomic E-state index is 1.00. The Morgan fingerprint density at radius 1 is 0.380 bits per heavy atom. The number of benzene rings is 8. The van der Waals surface area contributed by atoms with Crippen molar-refractivity contribution in [2.24, 2.45) is 0 Å². The molecule has 2 heterocycles. The quantitative estimate of drug-likeness (QED) is 0.188. The highest BCUT2D eigenvalue weighted by Gasteiger charge is 2.16. The Kier molecular flexibility index (Phi) is 6.43. The number of fused-ring (bicyclic) bond motifs is 7. The predicted octanol–water partition coefficient (Wildman–Crippen LogP) is 12.9. The van der Waals surface area contributed by atoms with Crippen molar-refractivity contribution in [3.05, 3.63) is 181 Å². The zero-order chi connectivity index (χ0) is 33.2. The van der Waals surface area contributed by atoms with Crippen LogP contribution in [0.25, 0.3) is 93.4 Å². The van der Waals surface area contributed by atoms with Gasteiger partial charge < -0.3 is 0 Å². The van der Waals surface area contributed by atoms with Crippen LogP contribution in [-0.2, 0) is 0 Å². The van der Waals surface area contributed by atoms with E-state index in [2.05, 4.69) is 187 Å². The third-order valence-electron chi connectivity index (χ3n) is 10.4. The molecule has 0 unspecified atom stereocenters. The van der Waals surface area contributed by atoms with Gasteiger partial charge in [0, 0.05) is 16.3 Å². The van der Waals surface area contributed by atoms with Gasteiger partial charge in [0.1, 0.15) is 0 Å². The molecule has 0 saturated carbocycles. The maximum atomic E-state index is 5.03. The average Bonchev–Trinajstić information content (AvgIpc) is 3.58. The van der Waals surface area contributed by atoms with Crippen LogP contribution in [0.1, 0.15) is 5.56 Å². The van der Waals surface area contributed by atoms with E-state index in [1.54, 1.807) is 0 Å². The second-order valence-corrected chi connectivity index (χ2v) is 13.3. The fourth-order valence-corrected chi connectivity index (χ4v) is 7.75. The number of hydrogen-bond donors (Lipinski definition) is 0. The first-order valence-corrected chi connectivity index (χ1v) is 17.2. The molecule has 0 saturated heterocycles. The molecule has 2 heteroatoms. The first-order chi connectivity index (χ1) is 24.7. The lowest BCUT2D eigenvalue weighted by Gasteiger charge is -2.17. The lowest BCUT2D eigenvalue weighted by molar-refractivity contribution is 1.03. The van der Waals surface area contributed by atoms with Gasteiger partial charge in [-0.1, -0.05) is 133 Å². The molecule has 2 nitrogen and oxygen atoms in total. The molecule has 0 aliphatic carbocycles. The van der Waals surface area contributed by atoms with E-state index in [0.717, 1.165) is 21.9 Å². The van der Waals surface area contributed by atoms with Gasteiger partial charge in [0.05, 0.1) is 16.6 Å². The van der Waals surface area contributed by atoms with Crippen molar-refractivity contribution in [3.63, 3.8) is 0 Å². The minimum Gasteiger partial charge on any atom is -0.231 e. The van der Waals surface area contributed by atoms with E-state index < -0.39 is 0 Å². The van der Waals surface area contributed by atoms with Crippen LogP contribution in [-0.4, -0.2) is 9.61 Å². The molecule has 0 aliphatic rings. The van der Waals surface area contributed by atoms with Crippen LogP contribution in [0.3, 0.4) is 0 Å². The molecular formula is C48H32N2. The molecule has 8 aromatic carbocycles. The summed E-state index contributed by atoms with van der Waals surface area (Å²) in [4.78, 5) is 0. The Labute approximate surface area is 290 Å². The number of nitrogens with zero attached hydrogens (tertiary/aromatic N) is 2. The van der Waals surface area contributed by atoms with Crippen LogP contribution in [0, 0.1) is 6.92 Å². The summed E-state index contributed by atoms with van der Waals surface area (Å²) in [5.74, 6) is 0. The maximum Gasteiger partial charge on any atom is 0.0934 e. The van der Waals surface area contributed by atoms with Gasteiger partial charge in [-0.05, 0) is 115 Å². The molecule has 0 amide bonds. The normalized spacial score (nSPS) is 11.7. The van der Waals surface area contributed by atoms with Crippen LogP contribution in [0.2, 0.25) is 0 Å².